The SMILES string of the molecule is CCN1CCN(c2ccc(NC(=O)C3CCN(S(=O)(=O)CC)CC3)cc2C)CC1. The lowest BCUT2D eigenvalue weighted by Gasteiger charge is -2.36. The van der Waals surface area contributed by atoms with Crippen LogP contribution in [0.1, 0.15) is 32.3 Å². The van der Waals surface area contributed by atoms with Crippen molar-refractivity contribution in [2.75, 3.05) is 61.8 Å². The van der Waals surface area contributed by atoms with E-state index < -0.39 is 10.0 Å². The summed E-state index contributed by atoms with van der Waals surface area (Å²) in [4.78, 5) is 17.5. The van der Waals surface area contributed by atoms with Crippen molar-refractivity contribution >= 4 is 27.3 Å². The molecule has 3 rings (SSSR count). The Morgan fingerprint density at radius 3 is 2.28 bits per heavy atom. The van der Waals surface area contributed by atoms with Crippen molar-refractivity contribution in [2.45, 2.75) is 33.6 Å². The van der Waals surface area contributed by atoms with Crippen molar-refractivity contribution in [1.29, 1.82) is 0 Å². The highest BCUT2D eigenvalue weighted by molar-refractivity contribution is 7.89. The monoisotopic (exact) mass is 422 g/mol. The summed E-state index contributed by atoms with van der Waals surface area (Å²) in [6.45, 7) is 12.1. The summed E-state index contributed by atoms with van der Waals surface area (Å²) in [5, 5.41) is 3.03. The highest BCUT2D eigenvalue weighted by atomic mass is 32.2. The normalized spacial score (nSPS) is 20.0. The molecule has 162 valence electrons. The second-order valence-corrected chi connectivity index (χ2v) is 10.2. The van der Waals surface area contributed by atoms with Gasteiger partial charge < -0.3 is 15.1 Å². The van der Waals surface area contributed by atoms with Gasteiger partial charge in [0.15, 0.2) is 0 Å². The van der Waals surface area contributed by atoms with Gasteiger partial charge in [-0.3, -0.25) is 4.79 Å². The van der Waals surface area contributed by atoms with E-state index in [9.17, 15) is 13.2 Å². The van der Waals surface area contributed by atoms with Gasteiger partial charge in [-0.15, -0.1) is 0 Å². The number of anilines is 2. The maximum atomic E-state index is 12.7. The third-order valence-corrected chi connectivity index (χ3v) is 8.09. The van der Waals surface area contributed by atoms with Crippen molar-refractivity contribution in [3.8, 4) is 0 Å². The summed E-state index contributed by atoms with van der Waals surface area (Å²) in [6, 6.07) is 6.11. The molecule has 29 heavy (non-hydrogen) atoms. The van der Waals surface area contributed by atoms with Gasteiger partial charge in [0.2, 0.25) is 15.9 Å². The van der Waals surface area contributed by atoms with E-state index in [4.69, 9.17) is 0 Å². The number of piperazine rings is 1. The number of carbonyl (C=O) groups is 1. The summed E-state index contributed by atoms with van der Waals surface area (Å²) < 4.78 is 25.5. The summed E-state index contributed by atoms with van der Waals surface area (Å²) in [6.07, 6.45) is 1.15. The van der Waals surface area contributed by atoms with Crippen LogP contribution in [-0.2, 0) is 14.8 Å². The molecule has 0 radical (unpaired) electrons. The summed E-state index contributed by atoms with van der Waals surface area (Å²) in [5.41, 5.74) is 3.21. The molecule has 2 aliphatic heterocycles. The Bertz CT molecular complexity index is 811. The fourth-order valence-electron chi connectivity index (χ4n) is 4.22. The standard InChI is InChI=1S/C21H34N4O3S/c1-4-23-12-14-24(15-13-23)20-7-6-19(16-17(20)3)22-21(26)18-8-10-25(11-9-18)29(27,28)5-2/h6-7,16,18H,4-5,8-15H2,1-3H3,(H,22,26). The minimum Gasteiger partial charge on any atom is -0.369 e. The fraction of sp³-hybridized carbons (Fsp3) is 0.667. The van der Waals surface area contributed by atoms with E-state index in [1.54, 1.807) is 6.92 Å². The molecule has 0 atom stereocenters. The summed E-state index contributed by atoms with van der Waals surface area (Å²) in [5.74, 6) is -0.0362. The minimum atomic E-state index is -3.16. The molecule has 0 aliphatic carbocycles. The fourth-order valence-corrected chi connectivity index (χ4v) is 5.35. The number of hydrogen-bond acceptors (Lipinski definition) is 5. The predicted molar refractivity (Wildman–Crippen MR) is 118 cm³/mol. The van der Waals surface area contributed by atoms with Gasteiger partial charge in [-0.2, -0.15) is 0 Å². The first-order valence-electron chi connectivity index (χ1n) is 10.7. The summed E-state index contributed by atoms with van der Waals surface area (Å²) >= 11 is 0. The maximum Gasteiger partial charge on any atom is 0.227 e. The average molecular weight is 423 g/mol. The van der Waals surface area contributed by atoms with Crippen molar-refractivity contribution in [1.82, 2.24) is 9.21 Å². The molecule has 1 aromatic carbocycles. The second-order valence-electron chi connectivity index (χ2n) is 7.99. The number of amides is 1. The molecule has 0 spiro atoms. The molecule has 0 bridgehead atoms. The quantitative estimate of drug-likeness (QED) is 0.760. The Morgan fingerprint density at radius 1 is 1.07 bits per heavy atom. The van der Waals surface area contributed by atoms with E-state index in [0.29, 0.717) is 25.9 Å². The Kier molecular flexibility index (Phi) is 7.19. The van der Waals surface area contributed by atoms with Gasteiger partial charge in [0.25, 0.3) is 0 Å². The van der Waals surface area contributed by atoms with Crippen molar-refractivity contribution in [3.63, 3.8) is 0 Å². The molecule has 0 unspecified atom stereocenters. The van der Waals surface area contributed by atoms with Crippen LogP contribution in [-0.4, -0.2) is 75.1 Å². The number of piperidine rings is 1. The molecular weight excluding hydrogens is 388 g/mol. The third kappa shape index (κ3) is 5.29. The van der Waals surface area contributed by atoms with Crippen LogP contribution in [0, 0.1) is 12.8 Å². The number of nitrogens with one attached hydrogen (secondary N) is 1. The van der Waals surface area contributed by atoms with Gasteiger partial charge in [0, 0.05) is 56.6 Å². The maximum absolute atomic E-state index is 12.7. The topological polar surface area (TPSA) is 73.0 Å². The molecule has 7 nitrogen and oxygen atoms in total. The Balaban J connectivity index is 1.56. The van der Waals surface area contributed by atoms with Crippen LogP contribution in [0.15, 0.2) is 18.2 Å². The largest absolute Gasteiger partial charge is 0.369 e. The molecule has 1 aromatic rings. The molecule has 2 fully saturated rings. The Morgan fingerprint density at radius 2 is 1.72 bits per heavy atom. The highest BCUT2D eigenvalue weighted by Crippen LogP contribution is 2.26. The molecular formula is C21H34N4O3S. The zero-order valence-electron chi connectivity index (χ0n) is 17.9. The number of hydrogen-bond donors (Lipinski definition) is 1. The predicted octanol–water partition coefficient (Wildman–Crippen LogP) is 2.14. The van der Waals surface area contributed by atoms with Crippen LogP contribution >= 0.6 is 0 Å². The highest BCUT2D eigenvalue weighted by Gasteiger charge is 2.30. The Labute approximate surface area is 175 Å². The van der Waals surface area contributed by atoms with Crippen molar-refractivity contribution < 1.29 is 13.2 Å². The van der Waals surface area contributed by atoms with E-state index in [1.807, 2.05) is 12.1 Å². The minimum absolute atomic E-state index is 0.0118. The van der Waals surface area contributed by atoms with Crippen molar-refractivity contribution in [2.24, 2.45) is 5.92 Å². The molecule has 2 heterocycles. The smallest absolute Gasteiger partial charge is 0.227 e. The van der Waals surface area contributed by atoms with E-state index in [0.717, 1.165) is 44.0 Å². The van der Waals surface area contributed by atoms with Gasteiger partial charge in [-0.25, -0.2) is 12.7 Å². The van der Waals surface area contributed by atoms with Gasteiger partial charge in [0.05, 0.1) is 5.75 Å². The number of rotatable bonds is 6. The third-order valence-electron chi connectivity index (χ3n) is 6.21. The lowest BCUT2D eigenvalue weighted by Crippen LogP contribution is -2.46. The van der Waals surface area contributed by atoms with Crippen LogP contribution in [0.5, 0.6) is 0 Å². The van der Waals surface area contributed by atoms with Crippen LogP contribution in [0.4, 0.5) is 11.4 Å². The molecule has 1 N–H and O–H groups in total. The van der Waals surface area contributed by atoms with Gasteiger partial charge >= 0.3 is 0 Å². The lowest BCUT2D eigenvalue weighted by atomic mass is 9.97. The van der Waals surface area contributed by atoms with E-state index in [1.165, 1.54) is 9.99 Å². The average Bonchev–Trinajstić information content (AvgIpc) is 2.74. The van der Waals surface area contributed by atoms with Gasteiger partial charge in [0.1, 0.15) is 0 Å². The first-order valence-corrected chi connectivity index (χ1v) is 12.3. The van der Waals surface area contributed by atoms with Crippen molar-refractivity contribution in [3.05, 3.63) is 23.8 Å². The zero-order chi connectivity index (χ0) is 21.0. The lowest BCUT2D eigenvalue weighted by molar-refractivity contribution is -0.120. The first-order chi connectivity index (χ1) is 13.8. The van der Waals surface area contributed by atoms with Crippen LogP contribution in [0.25, 0.3) is 0 Å². The van der Waals surface area contributed by atoms with Crippen LogP contribution in [0.2, 0.25) is 0 Å². The molecule has 0 aromatic heterocycles. The molecule has 8 heteroatoms. The van der Waals surface area contributed by atoms with Crippen LogP contribution in [0.3, 0.4) is 0 Å². The van der Waals surface area contributed by atoms with E-state index >= 15 is 0 Å². The van der Waals surface area contributed by atoms with E-state index in [2.05, 4.69) is 35.0 Å². The number of nitrogens with zero attached hydrogens (tertiary/aromatic N) is 3. The number of sulfonamides is 1. The number of aryl methyl sites for hydroxylation is 1. The van der Waals surface area contributed by atoms with Gasteiger partial charge in [-0.05, 0) is 57.0 Å². The summed E-state index contributed by atoms with van der Waals surface area (Å²) in [7, 11) is -3.16. The molecule has 2 saturated heterocycles. The second kappa shape index (κ2) is 9.45. The zero-order valence-corrected chi connectivity index (χ0v) is 18.7. The molecule has 2 aliphatic rings. The van der Waals surface area contributed by atoms with Gasteiger partial charge in [-0.1, -0.05) is 6.92 Å². The van der Waals surface area contributed by atoms with Crippen LogP contribution < -0.4 is 10.2 Å². The molecule has 0 saturated carbocycles. The molecule has 1 amide bonds. The van der Waals surface area contributed by atoms with E-state index in [-0.39, 0.29) is 17.6 Å². The first kappa shape index (κ1) is 22.1. The Hall–Kier alpha value is -1.64. The number of carbonyl (C=O) groups excluding carboxylic acids is 1. The number of likely N-dealkylation sites (N-methyl/N-ethyl adjacent to an activating group) is 1. The number of benzene rings is 1.